The van der Waals surface area contributed by atoms with Crippen LogP contribution in [0.1, 0.15) is 24.9 Å². The molecule has 0 bridgehead atoms. The van der Waals surface area contributed by atoms with Gasteiger partial charge in [-0.3, -0.25) is 0 Å². The zero-order valence-corrected chi connectivity index (χ0v) is 10.5. The molecule has 0 saturated carbocycles. The molecule has 0 aliphatic carbocycles. The number of rotatable bonds is 4. The van der Waals surface area contributed by atoms with Crippen molar-refractivity contribution in [3.8, 4) is 11.5 Å². The Bertz CT molecular complexity index is 445. The van der Waals surface area contributed by atoms with Gasteiger partial charge in [0.05, 0.1) is 13.7 Å². The fraction of sp³-hybridized carbons (Fsp3) is 0.462. The number of ether oxygens (including phenoxy) is 3. The zero-order valence-electron chi connectivity index (χ0n) is 10.5. The topological polar surface area (TPSA) is 70.8 Å². The maximum atomic E-state index is 11.4. The number of esters is 1. The average molecular weight is 251 g/mol. The number of benzene rings is 1. The molecule has 1 aromatic carbocycles. The predicted octanol–water partition coefficient (Wildman–Crippen LogP) is 1.41. The molecule has 0 spiro atoms. The molecule has 0 radical (unpaired) electrons. The summed E-state index contributed by atoms with van der Waals surface area (Å²) in [5.74, 6) is 0.919. The van der Waals surface area contributed by atoms with E-state index < -0.39 is 6.10 Å². The Morgan fingerprint density at radius 1 is 1.50 bits per heavy atom. The van der Waals surface area contributed by atoms with Gasteiger partial charge in [-0.2, -0.15) is 0 Å². The van der Waals surface area contributed by atoms with Crippen molar-refractivity contribution in [1.82, 2.24) is 0 Å². The maximum Gasteiger partial charge on any atom is 0.347 e. The number of hydrogen-bond acceptors (Lipinski definition) is 5. The number of hydrogen-bond donors (Lipinski definition) is 1. The lowest BCUT2D eigenvalue weighted by atomic mass is 10.1. The molecule has 1 heterocycles. The third kappa shape index (κ3) is 2.56. The van der Waals surface area contributed by atoms with Gasteiger partial charge in [0.2, 0.25) is 0 Å². The van der Waals surface area contributed by atoms with Crippen molar-refractivity contribution in [2.45, 2.75) is 25.5 Å². The quantitative estimate of drug-likeness (QED) is 0.819. The monoisotopic (exact) mass is 251 g/mol. The van der Waals surface area contributed by atoms with E-state index >= 15 is 0 Å². The van der Waals surface area contributed by atoms with Crippen LogP contribution in [-0.4, -0.2) is 25.8 Å². The standard InChI is InChI=1S/C13H17NO4/c1-8(14)10-4-3-9(16-2)7-12(10)18-11-5-6-17-13(11)15/h3-4,7-8,11H,5-6,14H2,1-2H3. The number of carbonyl (C=O) groups is 1. The van der Waals surface area contributed by atoms with Crippen molar-refractivity contribution in [2.24, 2.45) is 5.73 Å². The number of cyclic esters (lactones) is 1. The van der Waals surface area contributed by atoms with Crippen LogP contribution in [0.2, 0.25) is 0 Å². The molecule has 1 aromatic rings. The molecule has 0 aromatic heterocycles. The number of carbonyl (C=O) groups excluding carboxylic acids is 1. The van der Waals surface area contributed by atoms with Crippen molar-refractivity contribution in [2.75, 3.05) is 13.7 Å². The van der Waals surface area contributed by atoms with Crippen molar-refractivity contribution in [1.29, 1.82) is 0 Å². The van der Waals surface area contributed by atoms with Crippen molar-refractivity contribution < 1.29 is 19.0 Å². The Kier molecular flexibility index (Phi) is 3.72. The Morgan fingerprint density at radius 3 is 2.83 bits per heavy atom. The second-order valence-corrected chi connectivity index (χ2v) is 4.26. The number of nitrogens with two attached hydrogens (primary N) is 1. The van der Waals surface area contributed by atoms with Gasteiger partial charge in [-0.15, -0.1) is 0 Å². The van der Waals surface area contributed by atoms with Crippen LogP contribution in [0.3, 0.4) is 0 Å². The lowest BCUT2D eigenvalue weighted by Gasteiger charge is -2.17. The zero-order chi connectivity index (χ0) is 13.1. The first kappa shape index (κ1) is 12.7. The molecule has 1 aliphatic rings. The molecule has 2 unspecified atom stereocenters. The third-order valence-corrected chi connectivity index (χ3v) is 2.87. The van der Waals surface area contributed by atoms with Gasteiger partial charge in [-0.1, -0.05) is 6.07 Å². The molecule has 2 rings (SSSR count). The van der Waals surface area contributed by atoms with Gasteiger partial charge in [0.1, 0.15) is 11.5 Å². The molecular weight excluding hydrogens is 234 g/mol. The molecule has 2 N–H and O–H groups in total. The van der Waals surface area contributed by atoms with E-state index in [4.69, 9.17) is 19.9 Å². The molecule has 5 heteroatoms. The van der Waals surface area contributed by atoms with Gasteiger partial charge in [-0.25, -0.2) is 4.79 Å². The highest BCUT2D eigenvalue weighted by Gasteiger charge is 2.29. The second-order valence-electron chi connectivity index (χ2n) is 4.26. The largest absolute Gasteiger partial charge is 0.497 e. The Labute approximate surface area is 106 Å². The van der Waals surface area contributed by atoms with E-state index in [0.29, 0.717) is 24.5 Å². The summed E-state index contributed by atoms with van der Waals surface area (Å²) < 4.78 is 15.7. The number of methoxy groups -OCH3 is 1. The lowest BCUT2D eigenvalue weighted by Crippen LogP contribution is -2.23. The van der Waals surface area contributed by atoms with Gasteiger partial charge in [0, 0.05) is 24.1 Å². The van der Waals surface area contributed by atoms with Crippen LogP contribution in [0, 0.1) is 0 Å². The lowest BCUT2D eigenvalue weighted by molar-refractivity contribution is -0.143. The second kappa shape index (κ2) is 5.27. The van der Waals surface area contributed by atoms with Gasteiger partial charge < -0.3 is 19.9 Å². The van der Waals surface area contributed by atoms with E-state index in [2.05, 4.69) is 0 Å². The molecule has 98 valence electrons. The summed E-state index contributed by atoms with van der Waals surface area (Å²) in [6, 6.07) is 5.23. The van der Waals surface area contributed by atoms with Crippen molar-refractivity contribution in [3.05, 3.63) is 23.8 Å². The van der Waals surface area contributed by atoms with E-state index in [0.717, 1.165) is 5.56 Å². The predicted molar refractivity (Wildman–Crippen MR) is 65.6 cm³/mol. The summed E-state index contributed by atoms with van der Waals surface area (Å²) in [7, 11) is 1.58. The van der Waals surface area contributed by atoms with Gasteiger partial charge >= 0.3 is 5.97 Å². The van der Waals surface area contributed by atoms with Gasteiger partial charge in [-0.05, 0) is 13.0 Å². The van der Waals surface area contributed by atoms with E-state index in [1.165, 1.54) is 0 Å². The summed E-state index contributed by atoms with van der Waals surface area (Å²) in [5, 5.41) is 0. The maximum absolute atomic E-state index is 11.4. The molecular formula is C13H17NO4. The summed E-state index contributed by atoms with van der Waals surface area (Å²) >= 11 is 0. The van der Waals surface area contributed by atoms with Crippen LogP contribution in [0.5, 0.6) is 11.5 Å². The third-order valence-electron chi connectivity index (χ3n) is 2.87. The highest BCUT2D eigenvalue weighted by molar-refractivity contribution is 5.76. The van der Waals surface area contributed by atoms with E-state index in [1.54, 1.807) is 13.2 Å². The molecule has 1 fully saturated rings. The fourth-order valence-electron chi connectivity index (χ4n) is 1.86. The van der Waals surface area contributed by atoms with Gasteiger partial charge in [0.25, 0.3) is 0 Å². The van der Waals surface area contributed by atoms with E-state index in [9.17, 15) is 4.79 Å². The molecule has 5 nitrogen and oxygen atoms in total. The minimum Gasteiger partial charge on any atom is -0.497 e. The van der Waals surface area contributed by atoms with Crippen LogP contribution in [0.15, 0.2) is 18.2 Å². The SMILES string of the molecule is COc1ccc(C(C)N)c(OC2CCOC2=O)c1. The van der Waals surface area contributed by atoms with Crippen LogP contribution in [0.25, 0.3) is 0 Å². The van der Waals surface area contributed by atoms with E-state index in [1.807, 2.05) is 19.1 Å². The molecule has 18 heavy (non-hydrogen) atoms. The average Bonchev–Trinajstić information content (AvgIpc) is 2.74. The minimum absolute atomic E-state index is 0.177. The smallest absolute Gasteiger partial charge is 0.347 e. The van der Waals surface area contributed by atoms with Crippen molar-refractivity contribution in [3.63, 3.8) is 0 Å². The first-order chi connectivity index (χ1) is 8.61. The summed E-state index contributed by atoms with van der Waals surface area (Å²) in [5.41, 5.74) is 6.72. The fourth-order valence-corrected chi connectivity index (χ4v) is 1.86. The minimum atomic E-state index is -0.547. The molecule has 1 saturated heterocycles. The van der Waals surface area contributed by atoms with Crippen LogP contribution < -0.4 is 15.2 Å². The summed E-state index contributed by atoms with van der Waals surface area (Å²) in [6.45, 7) is 2.27. The summed E-state index contributed by atoms with van der Waals surface area (Å²) in [6.07, 6.45) is 0.0173. The normalized spacial score (nSPS) is 20.4. The molecule has 2 atom stereocenters. The highest BCUT2D eigenvalue weighted by atomic mass is 16.6. The summed E-state index contributed by atoms with van der Waals surface area (Å²) in [4.78, 5) is 11.4. The Hall–Kier alpha value is -1.75. The van der Waals surface area contributed by atoms with Gasteiger partial charge in [0.15, 0.2) is 6.10 Å². The van der Waals surface area contributed by atoms with E-state index in [-0.39, 0.29) is 12.0 Å². The van der Waals surface area contributed by atoms with Crippen LogP contribution in [0.4, 0.5) is 0 Å². The first-order valence-electron chi connectivity index (χ1n) is 5.88. The Balaban J connectivity index is 2.25. The highest BCUT2D eigenvalue weighted by Crippen LogP contribution is 2.30. The molecule has 0 amide bonds. The Morgan fingerprint density at radius 2 is 2.28 bits per heavy atom. The van der Waals surface area contributed by atoms with Crippen LogP contribution >= 0.6 is 0 Å². The van der Waals surface area contributed by atoms with Crippen LogP contribution in [-0.2, 0) is 9.53 Å². The molecule has 1 aliphatic heterocycles. The van der Waals surface area contributed by atoms with Crippen molar-refractivity contribution >= 4 is 5.97 Å². The first-order valence-corrected chi connectivity index (χ1v) is 5.88.